The van der Waals surface area contributed by atoms with Crippen molar-refractivity contribution in [3.05, 3.63) is 24.2 Å². The van der Waals surface area contributed by atoms with Crippen molar-refractivity contribution in [3.8, 4) is 0 Å². The van der Waals surface area contributed by atoms with Gasteiger partial charge in [-0.25, -0.2) is 0 Å². The molecule has 1 saturated heterocycles. The first-order chi connectivity index (χ1) is 13.6. The van der Waals surface area contributed by atoms with Crippen molar-refractivity contribution in [1.82, 2.24) is 20.4 Å². The normalized spacial score (nSPS) is 18.7. The Labute approximate surface area is 191 Å². The van der Waals surface area contributed by atoms with Gasteiger partial charge >= 0.3 is 0 Å². The van der Waals surface area contributed by atoms with Crippen molar-refractivity contribution in [2.24, 2.45) is 4.99 Å². The SMILES string of the molecule is CC(C)NC(=O)CN1CCN(C(=NCCc2ccco2)NC2CCCC2)CC1.I. The molecule has 8 heteroatoms. The predicted octanol–water partition coefficient (Wildman–Crippen LogP) is 2.47. The second-order valence-electron chi connectivity index (χ2n) is 8.15. The highest BCUT2D eigenvalue weighted by Crippen LogP contribution is 2.18. The van der Waals surface area contributed by atoms with E-state index in [0.717, 1.165) is 50.9 Å². The number of rotatable bonds is 7. The predicted molar refractivity (Wildman–Crippen MR) is 127 cm³/mol. The van der Waals surface area contributed by atoms with Crippen molar-refractivity contribution < 1.29 is 9.21 Å². The molecule has 3 rings (SSSR count). The van der Waals surface area contributed by atoms with Gasteiger partial charge in [-0.2, -0.15) is 0 Å². The molecule has 1 saturated carbocycles. The fraction of sp³-hybridized carbons (Fsp3) is 0.714. The minimum atomic E-state index is 0. The second kappa shape index (κ2) is 12.4. The molecule has 2 heterocycles. The van der Waals surface area contributed by atoms with Crippen molar-refractivity contribution in [1.29, 1.82) is 0 Å². The number of aliphatic imine (C=N–C) groups is 1. The first-order valence-corrected chi connectivity index (χ1v) is 10.7. The summed E-state index contributed by atoms with van der Waals surface area (Å²) >= 11 is 0. The molecule has 0 atom stereocenters. The lowest BCUT2D eigenvalue weighted by Gasteiger charge is -2.37. The molecular formula is C21H36IN5O2. The van der Waals surface area contributed by atoms with Gasteiger partial charge in [-0.15, -0.1) is 24.0 Å². The van der Waals surface area contributed by atoms with Crippen LogP contribution in [-0.2, 0) is 11.2 Å². The third-order valence-electron chi connectivity index (χ3n) is 5.38. The van der Waals surface area contributed by atoms with Crippen LogP contribution in [0.2, 0.25) is 0 Å². The Morgan fingerprint density at radius 3 is 2.59 bits per heavy atom. The van der Waals surface area contributed by atoms with E-state index in [4.69, 9.17) is 9.41 Å². The standard InChI is InChI=1S/C21H35N5O2.HI/c1-17(2)23-20(27)16-25-11-13-26(14-12-25)21(24-18-6-3-4-7-18)22-10-9-19-8-5-15-28-19;/h5,8,15,17-18H,3-4,6-7,9-14,16H2,1-2H3,(H,22,24)(H,23,27);1H. The largest absolute Gasteiger partial charge is 0.469 e. The lowest BCUT2D eigenvalue weighted by atomic mass is 10.2. The van der Waals surface area contributed by atoms with Crippen molar-refractivity contribution in [2.75, 3.05) is 39.3 Å². The zero-order valence-electron chi connectivity index (χ0n) is 17.7. The summed E-state index contributed by atoms with van der Waals surface area (Å²) in [4.78, 5) is 21.5. The number of amides is 1. The van der Waals surface area contributed by atoms with E-state index in [1.807, 2.05) is 26.0 Å². The first kappa shape index (κ1) is 24.0. The molecule has 2 fully saturated rings. The number of nitrogens with zero attached hydrogens (tertiary/aromatic N) is 3. The number of halogens is 1. The van der Waals surface area contributed by atoms with E-state index in [2.05, 4.69) is 20.4 Å². The van der Waals surface area contributed by atoms with Crippen LogP contribution in [0.15, 0.2) is 27.8 Å². The molecule has 1 aromatic heterocycles. The average Bonchev–Trinajstić information content (AvgIpc) is 3.35. The van der Waals surface area contributed by atoms with Crippen molar-refractivity contribution >= 4 is 35.8 Å². The van der Waals surface area contributed by atoms with Crippen molar-refractivity contribution in [3.63, 3.8) is 0 Å². The Balaban J connectivity index is 0.00000300. The molecule has 1 aromatic rings. The van der Waals surface area contributed by atoms with Crippen LogP contribution in [0.5, 0.6) is 0 Å². The van der Waals surface area contributed by atoms with E-state index >= 15 is 0 Å². The quantitative estimate of drug-likeness (QED) is 0.331. The van der Waals surface area contributed by atoms with Crippen LogP contribution in [0.25, 0.3) is 0 Å². The number of guanidine groups is 1. The maximum Gasteiger partial charge on any atom is 0.234 e. The highest BCUT2D eigenvalue weighted by atomic mass is 127. The lowest BCUT2D eigenvalue weighted by Crippen LogP contribution is -2.55. The van der Waals surface area contributed by atoms with Gasteiger partial charge in [0.15, 0.2) is 5.96 Å². The molecule has 0 unspecified atom stereocenters. The van der Waals surface area contributed by atoms with Crippen molar-refractivity contribution in [2.45, 2.75) is 58.0 Å². The summed E-state index contributed by atoms with van der Waals surface area (Å²) in [5, 5.41) is 6.67. The molecule has 1 amide bonds. The van der Waals surface area contributed by atoms with Crippen LogP contribution >= 0.6 is 24.0 Å². The summed E-state index contributed by atoms with van der Waals surface area (Å²) in [5.41, 5.74) is 0. The summed E-state index contributed by atoms with van der Waals surface area (Å²) in [5.74, 6) is 2.11. The topological polar surface area (TPSA) is 73.1 Å². The molecule has 2 N–H and O–H groups in total. The fourth-order valence-corrected chi connectivity index (χ4v) is 3.90. The van der Waals surface area contributed by atoms with E-state index in [1.54, 1.807) is 6.26 Å². The maximum atomic E-state index is 12.0. The third-order valence-corrected chi connectivity index (χ3v) is 5.38. The molecule has 0 radical (unpaired) electrons. The van der Waals surface area contributed by atoms with Gasteiger partial charge in [0.2, 0.25) is 5.91 Å². The van der Waals surface area contributed by atoms with Gasteiger partial charge in [-0.05, 0) is 38.8 Å². The Bertz CT molecular complexity index is 621. The van der Waals surface area contributed by atoms with Gasteiger partial charge in [0.25, 0.3) is 0 Å². The number of carbonyl (C=O) groups is 1. The number of hydrogen-bond donors (Lipinski definition) is 2. The first-order valence-electron chi connectivity index (χ1n) is 10.7. The number of carbonyl (C=O) groups excluding carboxylic acids is 1. The van der Waals surface area contributed by atoms with E-state index in [0.29, 0.717) is 12.6 Å². The summed E-state index contributed by atoms with van der Waals surface area (Å²) in [6, 6.07) is 4.65. The molecule has 1 aliphatic carbocycles. The zero-order valence-corrected chi connectivity index (χ0v) is 20.1. The molecule has 29 heavy (non-hydrogen) atoms. The van der Waals surface area contributed by atoms with Gasteiger partial charge in [0.05, 0.1) is 12.8 Å². The minimum Gasteiger partial charge on any atom is -0.469 e. The highest BCUT2D eigenvalue weighted by Gasteiger charge is 2.24. The summed E-state index contributed by atoms with van der Waals surface area (Å²) in [7, 11) is 0. The summed E-state index contributed by atoms with van der Waals surface area (Å²) in [6.07, 6.45) is 7.59. The van der Waals surface area contributed by atoms with Crippen LogP contribution < -0.4 is 10.6 Å². The monoisotopic (exact) mass is 517 g/mol. The van der Waals surface area contributed by atoms with Gasteiger partial charge in [-0.3, -0.25) is 14.7 Å². The molecule has 7 nitrogen and oxygen atoms in total. The summed E-state index contributed by atoms with van der Waals surface area (Å²) in [6.45, 7) is 8.76. The molecule has 2 aliphatic rings. The second-order valence-corrected chi connectivity index (χ2v) is 8.15. The Kier molecular flexibility index (Phi) is 10.3. The number of piperazine rings is 1. The Hall–Kier alpha value is -1.29. The zero-order chi connectivity index (χ0) is 19.8. The number of nitrogens with one attached hydrogen (secondary N) is 2. The maximum absolute atomic E-state index is 12.0. The third kappa shape index (κ3) is 8.16. The molecule has 0 spiro atoms. The molecule has 0 bridgehead atoms. The highest BCUT2D eigenvalue weighted by molar-refractivity contribution is 14.0. The van der Waals surface area contributed by atoms with Crippen LogP contribution in [0.1, 0.15) is 45.3 Å². The number of furan rings is 1. The molecule has 164 valence electrons. The van der Waals surface area contributed by atoms with E-state index in [1.165, 1.54) is 25.7 Å². The lowest BCUT2D eigenvalue weighted by molar-refractivity contribution is -0.123. The van der Waals surface area contributed by atoms with Gasteiger partial charge < -0.3 is 20.0 Å². The fourth-order valence-electron chi connectivity index (χ4n) is 3.90. The van der Waals surface area contributed by atoms with Gasteiger partial charge in [0.1, 0.15) is 5.76 Å². The van der Waals surface area contributed by atoms with Gasteiger partial charge in [0, 0.05) is 51.2 Å². The summed E-state index contributed by atoms with van der Waals surface area (Å²) < 4.78 is 5.42. The van der Waals surface area contributed by atoms with E-state index < -0.39 is 0 Å². The smallest absolute Gasteiger partial charge is 0.234 e. The molecule has 0 aromatic carbocycles. The van der Waals surface area contributed by atoms with E-state index in [9.17, 15) is 4.79 Å². The van der Waals surface area contributed by atoms with E-state index in [-0.39, 0.29) is 35.9 Å². The Morgan fingerprint density at radius 1 is 1.24 bits per heavy atom. The minimum absolute atomic E-state index is 0. The van der Waals surface area contributed by atoms with Gasteiger partial charge in [-0.1, -0.05) is 12.8 Å². The van der Waals surface area contributed by atoms with Crippen LogP contribution in [0.3, 0.4) is 0 Å². The average molecular weight is 517 g/mol. The molecular weight excluding hydrogens is 481 g/mol. The van der Waals surface area contributed by atoms with Crippen LogP contribution in [0.4, 0.5) is 0 Å². The number of hydrogen-bond acceptors (Lipinski definition) is 4. The molecule has 1 aliphatic heterocycles. The Morgan fingerprint density at radius 2 is 1.97 bits per heavy atom. The van der Waals surface area contributed by atoms with Crippen LogP contribution in [0, 0.1) is 0 Å². The van der Waals surface area contributed by atoms with Crippen LogP contribution in [-0.4, -0.2) is 73.0 Å².